The number of hydrogen-bond acceptors (Lipinski definition) is 5. The van der Waals surface area contributed by atoms with Gasteiger partial charge in [-0.1, -0.05) is 36.4 Å². The topological polar surface area (TPSA) is 64.6 Å². The molecule has 144 valence electrons. The van der Waals surface area contributed by atoms with Crippen LogP contribution in [-0.2, 0) is 9.53 Å². The SMILES string of the molecule is COc1ccc(C(=O)OCC(=O)N[C@H](c2ccccc2)c2cccs2)c(F)c1. The Labute approximate surface area is 165 Å². The second-order valence-corrected chi connectivity index (χ2v) is 6.83. The van der Waals surface area contributed by atoms with Gasteiger partial charge < -0.3 is 14.8 Å². The van der Waals surface area contributed by atoms with E-state index in [2.05, 4.69) is 5.32 Å². The quantitative estimate of drug-likeness (QED) is 0.611. The molecule has 1 atom stereocenters. The van der Waals surface area contributed by atoms with Gasteiger partial charge in [0.15, 0.2) is 6.61 Å². The fraction of sp³-hybridized carbons (Fsp3) is 0.143. The monoisotopic (exact) mass is 399 g/mol. The Morgan fingerprint density at radius 2 is 1.89 bits per heavy atom. The number of thiophene rings is 1. The van der Waals surface area contributed by atoms with Gasteiger partial charge in [-0.3, -0.25) is 4.79 Å². The molecule has 1 amide bonds. The van der Waals surface area contributed by atoms with Crippen LogP contribution in [0.15, 0.2) is 66.0 Å². The lowest BCUT2D eigenvalue weighted by atomic mass is 10.1. The van der Waals surface area contributed by atoms with Crippen molar-refractivity contribution in [3.05, 3.63) is 87.9 Å². The van der Waals surface area contributed by atoms with Crippen molar-refractivity contribution in [1.29, 1.82) is 0 Å². The molecule has 1 heterocycles. The minimum absolute atomic E-state index is 0.258. The number of methoxy groups -OCH3 is 1. The minimum atomic E-state index is -0.914. The summed E-state index contributed by atoms with van der Waals surface area (Å²) in [5.74, 6) is -1.88. The zero-order chi connectivity index (χ0) is 19.9. The third-order valence-electron chi connectivity index (χ3n) is 4.00. The summed E-state index contributed by atoms with van der Waals surface area (Å²) in [7, 11) is 1.40. The molecule has 0 saturated heterocycles. The summed E-state index contributed by atoms with van der Waals surface area (Å²) in [6, 6.07) is 16.7. The lowest BCUT2D eigenvalue weighted by molar-refractivity contribution is -0.124. The molecule has 0 aliphatic heterocycles. The Bertz CT molecular complexity index is 944. The van der Waals surface area contributed by atoms with Crippen LogP contribution in [0.1, 0.15) is 26.8 Å². The molecule has 0 spiro atoms. The van der Waals surface area contributed by atoms with Crippen molar-refractivity contribution in [2.45, 2.75) is 6.04 Å². The largest absolute Gasteiger partial charge is 0.497 e. The van der Waals surface area contributed by atoms with Crippen LogP contribution in [0.2, 0.25) is 0 Å². The van der Waals surface area contributed by atoms with Crippen molar-refractivity contribution in [1.82, 2.24) is 5.32 Å². The summed E-state index contributed by atoms with van der Waals surface area (Å²) >= 11 is 1.51. The molecule has 0 saturated carbocycles. The van der Waals surface area contributed by atoms with Crippen molar-refractivity contribution >= 4 is 23.2 Å². The molecular formula is C21H18FNO4S. The first kappa shape index (κ1) is 19.6. The van der Waals surface area contributed by atoms with Gasteiger partial charge in [0.2, 0.25) is 0 Å². The minimum Gasteiger partial charge on any atom is -0.497 e. The molecule has 28 heavy (non-hydrogen) atoms. The molecule has 7 heteroatoms. The lowest BCUT2D eigenvalue weighted by Crippen LogP contribution is -2.32. The number of nitrogens with one attached hydrogen (secondary N) is 1. The van der Waals surface area contributed by atoms with Crippen LogP contribution in [0.4, 0.5) is 4.39 Å². The van der Waals surface area contributed by atoms with Crippen LogP contribution in [-0.4, -0.2) is 25.6 Å². The zero-order valence-electron chi connectivity index (χ0n) is 15.1. The number of rotatable bonds is 7. The number of benzene rings is 2. The van der Waals surface area contributed by atoms with E-state index in [-0.39, 0.29) is 17.4 Å². The number of ether oxygens (including phenoxy) is 2. The molecule has 1 aromatic heterocycles. The van der Waals surface area contributed by atoms with Gasteiger partial charge in [-0.25, -0.2) is 9.18 Å². The van der Waals surface area contributed by atoms with Crippen LogP contribution < -0.4 is 10.1 Å². The predicted octanol–water partition coefficient (Wildman–Crippen LogP) is 3.96. The normalized spacial score (nSPS) is 11.5. The highest BCUT2D eigenvalue weighted by molar-refractivity contribution is 7.10. The van der Waals surface area contributed by atoms with E-state index in [1.807, 2.05) is 47.8 Å². The molecule has 2 aromatic carbocycles. The predicted molar refractivity (Wildman–Crippen MR) is 104 cm³/mol. The van der Waals surface area contributed by atoms with Gasteiger partial charge in [-0.2, -0.15) is 0 Å². The summed E-state index contributed by atoms with van der Waals surface area (Å²) in [5.41, 5.74) is 0.650. The molecule has 3 aromatic rings. The maximum Gasteiger partial charge on any atom is 0.341 e. The second kappa shape index (κ2) is 9.14. The molecule has 0 fully saturated rings. The summed E-state index contributed by atoms with van der Waals surface area (Å²) in [6.45, 7) is -0.515. The Balaban J connectivity index is 1.64. The van der Waals surface area contributed by atoms with E-state index in [1.54, 1.807) is 0 Å². The number of amides is 1. The van der Waals surface area contributed by atoms with E-state index in [4.69, 9.17) is 9.47 Å². The summed E-state index contributed by atoms with van der Waals surface area (Å²) in [4.78, 5) is 25.4. The van der Waals surface area contributed by atoms with Crippen LogP contribution >= 0.6 is 11.3 Å². The fourth-order valence-corrected chi connectivity index (χ4v) is 3.42. The van der Waals surface area contributed by atoms with Crippen LogP contribution in [0, 0.1) is 5.82 Å². The van der Waals surface area contributed by atoms with Gasteiger partial charge in [0, 0.05) is 10.9 Å². The number of carbonyl (C=O) groups is 2. The summed E-state index contributed by atoms with van der Waals surface area (Å²) < 4.78 is 23.8. The zero-order valence-corrected chi connectivity index (χ0v) is 15.9. The summed E-state index contributed by atoms with van der Waals surface area (Å²) in [6.07, 6.45) is 0. The third kappa shape index (κ3) is 4.75. The highest BCUT2D eigenvalue weighted by atomic mass is 32.1. The van der Waals surface area contributed by atoms with Gasteiger partial charge in [0.1, 0.15) is 11.6 Å². The van der Waals surface area contributed by atoms with Gasteiger partial charge in [-0.15, -0.1) is 11.3 Å². The first-order valence-corrected chi connectivity index (χ1v) is 9.35. The molecule has 0 radical (unpaired) electrons. The van der Waals surface area contributed by atoms with Crippen molar-refractivity contribution in [3.8, 4) is 5.75 Å². The molecule has 0 aliphatic carbocycles. The maximum absolute atomic E-state index is 13.9. The van der Waals surface area contributed by atoms with Gasteiger partial charge in [0.05, 0.1) is 18.7 Å². The number of carbonyl (C=O) groups excluding carboxylic acids is 2. The third-order valence-corrected chi connectivity index (χ3v) is 4.93. The highest BCUT2D eigenvalue weighted by Crippen LogP contribution is 2.25. The van der Waals surface area contributed by atoms with Crippen molar-refractivity contribution < 1.29 is 23.5 Å². The van der Waals surface area contributed by atoms with E-state index in [1.165, 1.54) is 30.6 Å². The number of esters is 1. The van der Waals surface area contributed by atoms with Crippen LogP contribution in [0.3, 0.4) is 0 Å². The Hall–Kier alpha value is -3.19. The fourth-order valence-electron chi connectivity index (χ4n) is 2.62. The van der Waals surface area contributed by atoms with Crippen molar-refractivity contribution in [2.24, 2.45) is 0 Å². The van der Waals surface area contributed by atoms with Crippen molar-refractivity contribution in [2.75, 3.05) is 13.7 Å². The van der Waals surface area contributed by atoms with E-state index < -0.39 is 24.3 Å². The van der Waals surface area contributed by atoms with Crippen molar-refractivity contribution in [3.63, 3.8) is 0 Å². The number of hydrogen-bond donors (Lipinski definition) is 1. The molecule has 0 bridgehead atoms. The van der Waals surface area contributed by atoms with Gasteiger partial charge >= 0.3 is 5.97 Å². The first-order chi connectivity index (χ1) is 13.6. The maximum atomic E-state index is 13.9. The average Bonchev–Trinajstić information content (AvgIpc) is 3.25. The van der Waals surface area contributed by atoms with Crippen LogP contribution in [0.5, 0.6) is 5.75 Å². The average molecular weight is 399 g/mol. The summed E-state index contributed by atoms with van der Waals surface area (Å²) in [5, 5.41) is 4.78. The van der Waals surface area contributed by atoms with E-state index in [0.29, 0.717) is 0 Å². The Kier molecular flexibility index (Phi) is 6.39. The Morgan fingerprint density at radius 1 is 1.11 bits per heavy atom. The molecule has 5 nitrogen and oxygen atoms in total. The van der Waals surface area contributed by atoms with E-state index in [0.717, 1.165) is 16.5 Å². The second-order valence-electron chi connectivity index (χ2n) is 5.85. The lowest BCUT2D eigenvalue weighted by Gasteiger charge is -2.18. The van der Waals surface area contributed by atoms with Gasteiger partial charge in [0.25, 0.3) is 5.91 Å². The molecule has 0 unspecified atom stereocenters. The first-order valence-electron chi connectivity index (χ1n) is 8.47. The van der Waals surface area contributed by atoms with Gasteiger partial charge in [-0.05, 0) is 29.1 Å². The number of halogens is 1. The molecule has 1 N–H and O–H groups in total. The van der Waals surface area contributed by atoms with Crippen LogP contribution in [0.25, 0.3) is 0 Å². The molecular weight excluding hydrogens is 381 g/mol. The molecule has 0 aliphatic rings. The molecule has 3 rings (SSSR count). The van der Waals surface area contributed by atoms with E-state index >= 15 is 0 Å². The Morgan fingerprint density at radius 3 is 2.54 bits per heavy atom. The van der Waals surface area contributed by atoms with E-state index in [9.17, 15) is 14.0 Å². The standard InChI is InChI=1S/C21H18FNO4S/c1-26-15-9-10-16(17(22)12-15)21(25)27-13-19(24)23-20(18-8-5-11-28-18)14-6-3-2-4-7-14/h2-12,20H,13H2,1H3,(H,23,24)/t20-/m1/s1. The smallest absolute Gasteiger partial charge is 0.341 e. The highest BCUT2D eigenvalue weighted by Gasteiger charge is 2.20.